The van der Waals surface area contributed by atoms with Gasteiger partial charge < -0.3 is 20.3 Å². The van der Waals surface area contributed by atoms with Gasteiger partial charge in [0.15, 0.2) is 0 Å². The van der Waals surface area contributed by atoms with Crippen molar-refractivity contribution in [2.45, 2.75) is 26.0 Å². The summed E-state index contributed by atoms with van der Waals surface area (Å²) in [7, 11) is 0. The summed E-state index contributed by atoms with van der Waals surface area (Å²) in [5.74, 6) is 0.249. The fourth-order valence-electron chi connectivity index (χ4n) is 3.80. The largest absolute Gasteiger partial charge is 0.473 e. The van der Waals surface area contributed by atoms with E-state index < -0.39 is 0 Å². The lowest BCUT2D eigenvalue weighted by molar-refractivity contribution is -0.126. The van der Waals surface area contributed by atoms with Crippen LogP contribution in [0.1, 0.15) is 24.0 Å². The summed E-state index contributed by atoms with van der Waals surface area (Å²) in [6.45, 7) is 1.88. The molecule has 1 atom stereocenters. The predicted molar refractivity (Wildman–Crippen MR) is 127 cm³/mol. The van der Waals surface area contributed by atoms with Gasteiger partial charge in [-0.15, -0.1) is 0 Å². The molecule has 2 N–H and O–H groups in total. The van der Waals surface area contributed by atoms with Crippen LogP contribution >= 0.6 is 0 Å². The van der Waals surface area contributed by atoms with E-state index in [0.29, 0.717) is 32.1 Å². The average molecular weight is 445 g/mol. The molecule has 1 fully saturated rings. The summed E-state index contributed by atoms with van der Waals surface area (Å²) in [6.07, 6.45) is 3.24. The lowest BCUT2D eigenvalue weighted by Gasteiger charge is -2.32. The van der Waals surface area contributed by atoms with Crippen LogP contribution in [0.2, 0.25) is 0 Å². The Bertz CT molecular complexity index is 1060. The van der Waals surface area contributed by atoms with E-state index in [1.165, 1.54) is 0 Å². The van der Waals surface area contributed by atoms with Crippen molar-refractivity contribution in [3.05, 3.63) is 90.1 Å². The number of likely N-dealkylation sites (tertiary alicyclic amines) is 1. The van der Waals surface area contributed by atoms with Crippen molar-refractivity contribution in [1.82, 2.24) is 15.2 Å². The number of carbonyl (C=O) groups is 2. The molecule has 7 heteroatoms. The molecule has 0 aliphatic carbocycles. The van der Waals surface area contributed by atoms with Gasteiger partial charge in [-0.3, -0.25) is 4.79 Å². The molecular formula is C26H28N4O3. The first kappa shape index (κ1) is 22.3. The topological polar surface area (TPSA) is 83.6 Å². The summed E-state index contributed by atoms with van der Waals surface area (Å²) in [5.41, 5.74) is 2.73. The number of nitrogens with zero attached hydrogens (tertiary/aromatic N) is 2. The van der Waals surface area contributed by atoms with Crippen LogP contribution in [0.5, 0.6) is 5.88 Å². The van der Waals surface area contributed by atoms with Gasteiger partial charge in [-0.1, -0.05) is 48.5 Å². The van der Waals surface area contributed by atoms with Gasteiger partial charge in [0.2, 0.25) is 11.8 Å². The average Bonchev–Trinajstić information content (AvgIpc) is 2.87. The highest BCUT2D eigenvalue weighted by molar-refractivity contribution is 5.90. The van der Waals surface area contributed by atoms with Gasteiger partial charge in [0.1, 0.15) is 6.61 Å². The molecule has 1 saturated heterocycles. The van der Waals surface area contributed by atoms with E-state index in [-0.39, 0.29) is 17.9 Å². The summed E-state index contributed by atoms with van der Waals surface area (Å²) >= 11 is 0. The molecule has 2 heterocycles. The van der Waals surface area contributed by atoms with E-state index in [9.17, 15) is 9.59 Å². The minimum atomic E-state index is -0.226. The monoisotopic (exact) mass is 444 g/mol. The second-order valence-electron chi connectivity index (χ2n) is 8.08. The van der Waals surface area contributed by atoms with Crippen LogP contribution in [0.4, 0.5) is 10.5 Å². The fraction of sp³-hybridized carbons (Fsp3) is 0.269. The van der Waals surface area contributed by atoms with E-state index >= 15 is 0 Å². The van der Waals surface area contributed by atoms with Gasteiger partial charge in [-0.2, -0.15) is 0 Å². The van der Waals surface area contributed by atoms with Crippen molar-refractivity contribution >= 4 is 17.6 Å². The molecule has 3 amide bonds. The zero-order valence-electron chi connectivity index (χ0n) is 18.4. The van der Waals surface area contributed by atoms with Crippen molar-refractivity contribution in [3.8, 4) is 5.88 Å². The van der Waals surface area contributed by atoms with E-state index in [1.54, 1.807) is 11.1 Å². The number of urea groups is 1. The van der Waals surface area contributed by atoms with Crippen LogP contribution in [0.3, 0.4) is 0 Å². The maximum absolute atomic E-state index is 12.8. The van der Waals surface area contributed by atoms with Gasteiger partial charge in [-0.05, 0) is 42.2 Å². The maximum Gasteiger partial charge on any atom is 0.321 e. The molecule has 1 unspecified atom stereocenters. The number of anilines is 1. The van der Waals surface area contributed by atoms with E-state index in [1.807, 2.05) is 72.8 Å². The number of carbonyl (C=O) groups excluding carboxylic acids is 2. The first-order valence-corrected chi connectivity index (χ1v) is 11.2. The Morgan fingerprint density at radius 1 is 1.00 bits per heavy atom. The Morgan fingerprint density at radius 2 is 1.76 bits per heavy atom. The number of hydrogen-bond acceptors (Lipinski definition) is 4. The molecule has 170 valence electrons. The number of para-hydroxylation sites is 1. The minimum Gasteiger partial charge on any atom is -0.473 e. The van der Waals surface area contributed by atoms with E-state index in [4.69, 9.17) is 4.74 Å². The molecular weight excluding hydrogens is 416 g/mol. The molecule has 0 spiro atoms. The molecule has 7 nitrogen and oxygen atoms in total. The number of hydrogen-bond donors (Lipinski definition) is 2. The molecule has 33 heavy (non-hydrogen) atoms. The minimum absolute atomic E-state index is 0.0456. The quantitative estimate of drug-likeness (QED) is 0.572. The van der Waals surface area contributed by atoms with Gasteiger partial charge in [0.25, 0.3) is 0 Å². The highest BCUT2D eigenvalue weighted by atomic mass is 16.5. The Labute approximate surface area is 193 Å². The number of ether oxygens (including phenoxy) is 1. The number of amides is 3. The molecule has 1 aliphatic heterocycles. The summed E-state index contributed by atoms with van der Waals surface area (Å²) < 4.78 is 5.77. The molecule has 0 radical (unpaired) electrons. The zero-order valence-corrected chi connectivity index (χ0v) is 18.4. The zero-order chi connectivity index (χ0) is 22.9. The fourth-order valence-corrected chi connectivity index (χ4v) is 3.80. The van der Waals surface area contributed by atoms with Gasteiger partial charge in [0, 0.05) is 37.6 Å². The lowest BCUT2D eigenvalue weighted by atomic mass is 9.97. The summed E-state index contributed by atoms with van der Waals surface area (Å²) in [6, 6.07) is 22.8. The molecule has 0 saturated carbocycles. The van der Waals surface area contributed by atoms with Crippen molar-refractivity contribution in [1.29, 1.82) is 0 Å². The second kappa shape index (κ2) is 11.1. The number of benzene rings is 2. The third-order valence-electron chi connectivity index (χ3n) is 5.60. The van der Waals surface area contributed by atoms with Crippen molar-refractivity contribution in [2.24, 2.45) is 5.92 Å². The molecule has 4 rings (SSSR count). The van der Waals surface area contributed by atoms with Crippen LogP contribution in [0, 0.1) is 5.92 Å². The number of nitrogens with one attached hydrogen (secondary N) is 2. The summed E-state index contributed by atoms with van der Waals surface area (Å²) in [5, 5.41) is 5.89. The van der Waals surface area contributed by atoms with Crippen LogP contribution < -0.4 is 15.4 Å². The van der Waals surface area contributed by atoms with Crippen LogP contribution in [-0.2, 0) is 17.9 Å². The lowest BCUT2D eigenvalue weighted by Crippen LogP contribution is -2.46. The number of piperidine rings is 1. The third kappa shape index (κ3) is 6.55. The highest BCUT2D eigenvalue weighted by Gasteiger charge is 2.28. The highest BCUT2D eigenvalue weighted by Crippen LogP contribution is 2.19. The first-order valence-electron chi connectivity index (χ1n) is 11.2. The summed E-state index contributed by atoms with van der Waals surface area (Å²) in [4.78, 5) is 31.3. The SMILES string of the molecule is O=C(NCc1ccnc(OCc2ccccc2)c1)C1CCCN(C(=O)Nc2ccccc2)C1. The number of rotatable bonds is 7. The normalized spacial score (nSPS) is 15.5. The Kier molecular flexibility index (Phi) is 7.53. The Morgan fingerprint density at radius 3 is 2.55 bits per heavy atom. The van der Waals surface area contributed by atoms with Crippen LogP contribution in [0.15, 0.2) is 79.0 Å². The Balaban J connectivity index is 1.26. The van der Waals surface area contributed by atoms with Gasteiger partial charge in [0.05, 0.1) is 5.92 Å². The number of aromatic nitrogens is 1. The van der Waals surface area contributed by atoms with Crippen molar-refractivity contribution in [2.75, 3.05) is 18.4 Å². The van der Waals surface area contributed by atoms with Crippen molar-refractivity contribution in [3.63, 3.8) is 0 Å². The van der Waals surface area contributed by atoms with Crippen molar-refractivity contribution < 1.29 is 14.3 Å². The standard InChI is InChI=1S/C26H28N4O3/c31-25(22-10-7-15-30(18-22)26(32)29-23-11-5-2-6-12-23)28-17-21-13-14-27-24(16-21)33-19-20-8-3-1-4-9-20/h1-6,8-9,11-14,16,22H,7,10,15,17-19H2,(H,28,31)(H,29,32). The smallest absolute Gasteiger partial charge is 0.321 e. The Hall–Kier alpha value is -3.87. The number of pyridine rings is 1. The van der Waals surface area contributed by atoms with E-state index in [2.05, 4.69) is 15.6 Å². The third-order valence-corrected chi connectivity index (χ3v) is 5.60. The molecule has 1 aliphatic rings. The first-order chi connectivity index (χ1) is 16.2. The van der Waals surface area contributed by atoms with Crippen LogP contribution in [0.25, 0.3) is 0 Å². The second-order valence-corrected chi connectivity index (χ2v) is 8.08. The van der Waals surface area contributed by atoms with Crippen LogP contribution in [-0.4, -0.2) is 34.9 Å². The van der Waals surface area contributed by atoms with Gasteiger partial charge in [-0.25, -0.2) is 9.78 Å². The van der Waals surface area contributed by atoms with Gasteiger partial charge >= 0.3 is 6.03 Å². The maximum atomic E-state index is 12.8. The van der Waals surface area contributed by atoms with E-state index in [0.717, 1.165) is 29.7 Å². The molecule has 3 aromatic rings. The molecule has 2 aromatic carbocycles. The molecule has 0 bridgehead atoms. The predicted octanol–water partition coefficient (Wildman–Crippen LogP) is 4.22. The molecule has 1 aromatic heterocycles.